The molecule has 1 heterocycles. The summed E-state index contributed by atoms with van der Waals surface area (Å²) in [4.78, 5) is 6.41. The fraction of sp³-hybridized carbons (Fsp3) is 0.615. The summed E-state index contributed by atoms with van der Waals surface area (Å²) in [7, 11) is 1.94. The number of aromatic nitrogens is 1. The Labute approximate surface area is 98.1 Å². The molecule has 0 aromatic carbocycles. The van der Waals surface area contributed by atoms with Crippen LogP contribution < -0.4 is 4.90 Å². The van der Waals surface area contributed by atoms with Crippen molar-refractivity contribution in [1.29, 1.82) is 0 Å². The average molecular weight is 222 g/mol. The highest BCUT2D eigenvalue weighted by Gasteiger charge is 2.15. The predicted molar refractivity (Wildman–Crippen MR) is 67.9 cm³/mol. The SMILES string of the molecule is CC(CO)N(C)c1ccc(C(C)(C)C)cn1. The van der Waals surface area contributed by atoms with Crippen LogP contribution >= 0.6 is 0 Å². The normalized spacial score (nSPS) is 13.6. The minimum Gasteiger partial charge on any atom is -0.394 e. The summed E-state index contributed by atoms with van der Waals surface area (Å²) in [6.45, 7) is 8.62. The highest BCUT2D eigenvalue weighted by molar-refractivity contribution is 5.40. The van der Waals surface area contributed by atoms with Crippen molar-refractivity contribution in [3.63, 3.8) is 0 Å². The lowest BCUT2D eigenvalue weighted by Crippen LogP contribution is -2.32. The second-order valence-corrected chi connectivity index (χ2v) is 5.30. The summed E-state index contributed by atoms with van der Waals surface area (Å²) in [5.74, 6) is 0.898. The number of likely N-dealkylation sites (N-methyl/N-ethyl adjacent to an activating group) is 1. The predicted octanol–water partition coefficient (Wildman–Crippen LogP) is 2.20. The maximum absolute atomic E-state index is 9.08. The lowest BCUT2D eigenvalue weighted by molar-refractivity contribution is 0.270. The fourth-order valence-electron chi connectivity index (χ4n) is 1.39. The van der Waals surface area contributed by atoms with Gasteiger partial charge in [0.1, 0.15) is 5.82 Å². The van der Waals surface area contributed by atoms with Gasteiger partial charge in [-0.1, -0.05) is 26.8 Å². The van der Waals surface area contributed by atoms with E-state index in [1.54, 1.807) is 0 Å². The van der Waals surface area contributed by atoms with Gasteiger partial charge in [0.05, 0.1) is 12.6 Å². The largest absolute Gasteiger partial charge is 0.394 e. The molecule has 0 amide bonds. The van der Waals surface area contributed by atoms with Crippen molar-refractivity contribution in [2.45, 2.75) is 39.2 Å². The number of nitrogens with zero attached hydrogens (tertiary/aromatic N) is 2. The summed E-state index contributed by atoms with van der Waals surface area (Å²) >= 11 is 0. The molecule has 0 aliphatic rings. The number of hydrogen-bond donors (Lipinski definition) is 1. The van der Waals surface area contributed by atoms with Crippen molar-refractivity contribution in [2.75, 3.05) is 18.6 Å². The number of rotatable bonds is 3. The quantitative estimate of drug-likeness (QED) is 0.851. The van der Waals surface area contributed by atoms with E-state index in [1.807, 2.05) is 31.1 Å². The Morgan fingerprint density at radius 2 is 2.00 bits per heavy atom. The molecule has 1 atom stereocenters. The molecule has 1 rings (SSSR count). The summed E-state index contributed by atoms with van der Waals surface area (Å²) in [6, 6.07) is 4.20. The monoisotopic (exact) mass is 222 g/mol. The minimum absolute atomic E-state index is 0.0907. The van der Waals surface area contributed by atoms with Gasteiger partial charge in [-0.2, -0.15) is 0 Å². The lowest BCUT2D eigenvalue weighted by Gasteiger charge is -2.25. The first-order valence-corrected chi connectivity index (χ1v) is 5.66. The molecular weight excluding hydrogens is 200 g/mol. The third-order valence-electron chi connectivity index (χ3n) is 2.90. The van der Waals surface area contributed by atoms with Crippen LogP contribution in [-0.4, -0.2) is 29.8 Å². The molecule has 0 saturated carbocycles. The highest BCUT2D eigenvalue weighted by atomic mass is 16.3. The number of hydrogen-bond acceptors (Lipinski definition) is 3. The first kappa shape index (κ1) is 13.0. The van der Waals surface area contributed by atoms with Gasteiger partial charge in [0.2, 0.25) is 0 Å². The van der Waals surface area contributed by atoms with Gasteiger partial charge >= 0.3 is 0 Å². The topological polar surface area (TPSA) is 36.4 Å². The zero-order valence-corrected chi connectivity index (χ0v) is 10.9. The van der Waals surface area contributed by atoms with Crippen molar-refractivity contribution >= 4 is 5.82 Å². The molecule has 1 unspecified atom stereocenters. The Morgan fingerprint density at radius 3 is 2.38 bits per heavy atom. The second kappa shape index (κ2) is 4.83. The molecule has 0 spiro atoms. The second-order valence-electron chi connectivity index (χ2n) is 5.30. The van der Waals surface area contributed by atoms with Gasteiger partial charge in [-0.3, -0.25) is 0 Å². The van der Waals surface area contributed by atoms with Crippen LogP contribution in [0.5, 0.6) is 0 Å². The number of aliphatic hydroxyl groups is 1. The van der Waals surface area contributed by atoms with E-state index < -0.39 is 0 Å². The van der Waals surface area contributed by atoms with Gasteiger partial charge in [0, 0.05) is 13.2 Å². The zero-order chi connectivity index (χ0) is 12.3. The standard InChI is InChI=1S/C13H22N2O/c1-10(9-16)15(5)12-7-6-11(8-14-12)13(2,3)4/h6-8,10,16H,9H2,1-5H3. The molecule has 1 aromatic heterocycles. The van der Waals surface area contributed by atoms with E-state index in [0.717, 1.165) is 5.82 Å². The molecule has 0 bridgehead atoms. The molecule has 0 aliphatic carbocycles. The number of aliphatic hydroxyl groups excluding tert-OH is 1. The molecular formula is C13H22N2O. The van der Waals surface area contributed by atoms with E-state index in [1.165, 1.54) is 5.56 Å². The van der Waals surface area contributed by atoms with Crippen molar-refractivity contribution < 1.29 is 5.11 Å². The van der Waals surface area contributed by atoms with Crippen LogP contribution in [0.4, 0.5) is 5.82 Å². The smallest absolute Gasteiger partial charge is 0.128 e. The number of anilines is 1. The van der Waals surface area contributed by atoms with Crippen LogP contribution in [0.25, 0.3) is 0 Å². The maximum Gasteiger partial charge on any atom is 0.128 e. The Bertz CT molecular complexity index is 327. The van der Waals surface area contributed by atoms with Crippen LogP contribution in [0.2, 0.25) is 0 Å². The first-order chi connectivity index (χ1) is 7.36. The van der Waals surface area contributed by atoms with Crippen molar-refractivity contribution in [3.8, 4) is 0 Å². The summed E-state index contributed by atoms with van der Waals surface area (Å²) < 4.78 is 0. The average Bonchev–Trinajstić information content (AvgIpc) is 2.26. The molecule has 0 saturated heterocycles. The van der Waals surface area contributed by atoms with Gasteiger partial charge in [-0.15, -0.1) is 0 Å². The Morgan fingerprint density at radius 1 is 1.38 bits per heavy atom. The van der Waals surface area contributed by atoms with Crippen molar-refractivity contribution in [3.05, 3.63) is 23.9 Å². The molecule has 0 aliphatic heterocycles. The fourth-order valence-corrected chi connectivity index (χ4v) is 1.39. The molecule has 1 N–H and O–H groups in total. The van der Waals surface area contributed by atoms with Crippen LogP contribution in [0.3, 0.4) is 0 Å². The molecule has 0 radical (unpaired) electrons. The highest BCUT2D eigenvalue weighted by Crippen LogP contribution is 2.23. The van der Waals surface area contributed by atoms with Gasteiger partial charge in [0.15, 0.2) is 0 Å². The van der Waals surface area contributed by atoms with Gasteiger partial charge in [-0.05, 0) is 24.0 Å². The molecule has 1 aromatic rings. The van der Waals surface area contributed by atoms with Gasteiger partial charge < -0.3 is 10.0 Å². The number of pyridine rings is 1. The maximum atomic E-state index is 9.08. The molecule has 16 heavy (non-hydrogen) atoms. The van der Waals surface area contributed by atoms with E-state index in [9.17, 15) is 0 Å². The summed E-state index contributed by atoms with van der Waals surface area (Å²) in [5, 5.41) is 9.08. The molecule has 3 heteroatoms. The van der Waals surface area contributed by atoms with Crippen LogP contribution in [0.1, 0.15) is 33.3 Å². The Hall–Kier alpha value is -1.09. The third-order valence-corrected chi connectivity index (χ3v) is 2.90. The van der Waals surface area contributed by atoms with Crippen LogP contribution in [-0.2, 0) is 5.41 Å². The van der Waals surface area contributed by atoms with Crippen molar-refractivity contribution in [1.82, 2.24) is 4.98 Å². The minimum atomic E-state index is 0.0907. The molecule has 0 fully saturated rings. The Kier molecular flexibility index (Phi) is 3.92. The lowest BCUT2D eigenvalue weighted by atomic mass is 9.88. The van der Waals surface area contributed by atoms with E-state index in [4.69, 9.17) is 5.11 Å². The van der Waals surface area contributed by atoms with Gasteiger partial charge in [-0.25, -0.2) is 4.98 Å². The summed E-state index contributed by atoms with van der Waals surface area (Å²) in [6.07, 6.45) is 1.91. The molecule has 3 nitrogen and oxygen atoms in total. The molecule has 90 valence electrons. The third kappa shape index (κ3) is 2.95. The summed E-state index contributed by atoms with van der Waals surface area (Å²) in [5.41, 5.74) is 1.36. The zero-order valence-electron chi connectivity index (χ0n) is 10.9. The van der Waals surface area contributed by atoms with E-state index in [-0.39, 0.29) is 18.1 Å². The Balaban J connectivity index is 2.87. The van der Waals surface area contributed by atoms with E-state index in [2.05, 4.69) is 31.8 Å². The van der Waals surface area contributed by atoms with Gasteiger partial charge in [0.25, 0.3) is 0 Å². The van der Waals surface area contributed by atoms with Crippen molar-refractivity contribution in [2.24, 2.45) is 0 Å². The van der Waals surface area contributed by atoms with Crippen LogP contribution in [0, 0.1) is 0 Å². The van der Waals surface area contributed by atoms with E-state index in [0.29, 0.717) is 0 Å². The van der Waals surface area contributed by atoms with E-state index >= 15 is 0 Å². The van der Waals surface area contributed by atoms with Crippen LogP contribution in [0.15, 0.2) is 18.3 Å². The first-order valence-electron chi connectivity index (χ1n) is 5.66.